The smallest absolute Gasteiger partial charge is 0.267 e. The van der Waals surface area contributed by atoms with E-state index in [9.17, 15) is 9.90 Å². The fourth-order valence-electron chi connectivity index (χ4n) is 3.05. The van der Waals surface area contributed by atoms with E-state index >= 15 is 0 Å². The van der Waals surface area contributed by atoms with Crippen LogP contribution in [-0.2, 0) is 0 Å². The van der Waals surface area contributed by atoms with Crippen molar-refractivity contribution in [3.8, 4) is 34.3 Å². The van der Waals surface area contributed by atoms with Gasteiger partial charge in [0, 0.05) is 5.56 Å². The highest BCUT2D eigenvalue weighted by Gasteiger charge is 2.22. The van der Waals surface area contributed by atoms with E-state index in [1.54, 1.807) is 4.68 Å². The number of pyridine rings is 1. The Labute approximate surface area is 157 Å². The molecule has 0 saturated carbocycles. The van der Waals surface area contributed by atoms with Gasteiger partial charge in [0.25, 0.3) is 11.4 Å². The summed E-state index contributed by atoms with van der Waals surface area (Å²) >= 11 is 0. The second-order valence-corrected chi connectivity index (χ2v) is 6.12. The van der Waals surface area contributed by atoms with Gasteiger partial charge in [-0.15, -0.1) is 0 Å². The highest BCUT2D eigenvalue weighted by atomic mass is 16.5. The Hall–Kier alpha value is -4.20. The van der Waals surface area contributed by atoms with Crippen molar-refractivity contribution in [3.63, 3.8) is 0 Å². The number of para-hydroxylation sites is 1. The number of benzene rings is 2. The maximum absolute atomic E-state index is 12.7. The van der Waals surface area contributed by atoms with Crippen molar-refractivity contribution in [1.29, 1.82) is 0 Å². The molecular formula is C20H13N5O3. The molecule has 0 fully saturated rings. The minimum absolute atomic E-state index is 0.0630. The summed E-state index contributed by atoms with van der Waals surface area (Å²) in [4.78, 5) is 19.7. The first-order valence-electron chi connectivity index (χ1n) is 8.50. The van der Waals surface area contributed by atoms with Crippen LogP contribution in [0.4, 0.5) is 0 Å². The molecule has 0 bridgehead atoms. The average Bonchev–Trinajstić information content (AvgIpc) is 3.37. The molecule has 28 heavy (non-hydrogen) atoms. The number of rotatable bonds is 3. The predicted octanol–water partition coefficient (Wildman–Crippen LogP) is 3.14. The van der Waals surface area contributed by atoms with Crippen molar-refractivity contribution in [3.05, 3.63) is 77.2 Å². The van der Waals surface area contributed by atoms with Crippen LogP contribution in [0.2, 0.25) is 0 Å². The topological polar surface area (TPSA) is 110 Å². The van der Waals surface area contributed by atoms with Crippen LogP contribution in [0.15, 0.2) is 76.2 Å². The Morgan fingerprint density at radius 1 is 1.00 bits per heavy atom. The second-order valence-electron chi connectivity index (χ2n) is 6.12. The van der Waals surface area contributed by atoms with E-state index in [2.05, 4.69) is 20.2 Å². The molecule has 5 aromatic rings. The first kappa shape index (κ1) is 16.0. The van der Waals surface area contributed by atoms with Crippen molar-refractivity contribution >= 4 is 11.0 Å². The van der Waals surface area contributed by atoms with Gasteiger partial charge < -0.3 is 14.6 Å². The predicted molar refractivity (Wildman–Crippen MR) is 102 cm³/mol. The Kier molecular flexibility index (Phi) is 3.55. The van der Waals surface area contributed by atoms with Crippen LogP contribution in [0.5, 0.6) is 5.75 Å². The molecule has 0 atom stereocenters. The van der Waals surface area contributed by atoms with Crippen LogP contribution >= 0.6 is 0 Å². The zero-order valence-electron chi connectivity index (χ0n) is 14.4. The number of aromatic hydroxyl groups is 1. The van der Waals surface area contributed by atoms with Gasteiger partial charge in [0.1, 0.15) is 17.0 Å². The van der Waals surface area contributed by atoms with E-state index < -0.39 is 5.56 Å². The highest BCUT2D eigenvalue weighted by molar-refractivity contribution is 5.89. The van der Waals surface area contributed by atoms with Gasteiger partial charge in [-0.3, -0.25) is 4.79 Å². The van der Waals surface area contributed by atoms with Crippen LogP contribution < -0.4 is 5.56 Å². The first-order valence-corrected chi connectivity index (χ1v) is 8.50. The third-order valence-corrected chi connectivity index (χ3v) is 4.39. The van der Waals surface area contributed by atoms with Crippen LogP contribution in [0.25, 0.3) is 39.6 Å². The quantitative estimate of drug-likeness (QED) is 0.504. The molecule has 2 aromatic carbocycles. The van der Waals surface area contributed by atoms with Crippen LogP contribution in [0, 0.1) is 0 Å². The molecule has 8 nitrogen and oxygen atoms in total. The summed E-state index contributed by atoms with van der Waals surface area (Å²) in [6, 6.07) is 18.5. The molecule has 0 amide bonds. The van der Waals surface area contributed by atoms with Gasteiger partial charge in [0.2, 0.25) is 5.82 Å². The Morgan fingerprint density at radius 3 is 2.46 bits per heavy atom. The fourth-order valence-corrected chi connectivity index (χ4v) is 3.05. The molecule has 0 aliphatic rings. The molecule has 0 aliphatic carbocycles. The van der Waals surface area contributed by atoms with Crippen molar-refractivity contribution in [2.75, 3.05) is 0 Å². The molecule has 2 N–H and O–H groups in total. The van der Waals surface area contributed by atoms with E-state index in [4.69, 9.17) is 4.52 Å². The Morgan fingerprint density at radius 2 is 1.71 bits per heavy atom. The maximum atomic E-state index is 12.7. The summed E-state index contributed by atoms with van der Waals surface area (Å²) in [5, 5.41) is 19.3. The summed E-state index contributed by atoms with van der Waals surface area (Å²) in [5.41, 5.74) is 1.23. The summed E-state index contributed by atoms with van der Waals surface area (Å²) in [5.74, 6) is 0.00522. The molecule has 0 aliphatic heterocycles. The molecule has 0 radical (unpaired) electrons. The van der Waals surface area contributed by atoms with E-state index in [0.717, 1.165) is 11.3 Å². The molecule has 5 rings (SSSR count). The number of hydrogen-bond acceptors (Lipinski definition) is 6. The minimum Gasteiger partial charge on any atom is -0.506 e. The lowest BCUT2D eigenvalue weighted by Crippen LogP contribution is -2.11. The highest BCUT2D eigenvalue weighted by Crippen LogP contribution is 2.32. The molecule has 8 heteroatoms. The van der Waals surface area contributed by atoms with Gasteiger partial charge >= 0.3 is 0 Å². The van der Waals surface area contributed by atoms with Gasteiger partial charge in [-0.2, -0.15) is 10.1 Å². The SMILES string of the molecule is O=c1[nH]c2c(cnn2-c2ccccc2)c(O)c1-c1nc(-c2ccccc2)no1. The number of fused-ring (bicyclic) bond motifs is 1. The first-order chi connectivity index (χ1) is 13.7. The second kappa shape index (κ2) is 6.20. The zero-order chi connectivity index (χ0) is 19.1. The number of H-pyrrole nitrogens is 1. The molecule has 0 unspecified atom stereocenters. The molecule has 3 aromatic heterocycles. The largest absolute Gasteiger partial charge is 0.506 e. The molecular weight excluding hydrogens is 358 g/mol. The third-order valence-electron chi connectivity index (χ3n) is 4.39. The van der Waals surface area contributed by atoms with E-state index in [1.807, 2.05) is 60.7 Å². The lowest BCUT2D eigenvalue weighted by atomic mass is 10.2. The number of aromatic nitrogens is 5. The summed E-state index contributed by atoms with van der Waals surface area (Å²) < 4.78 is 6.78. The van der Waals surface area contributed by atoms with E-state index in [1.165, 1.54) is 6.20 Å². The van der Waals surface area contributed by atoms with Crippen molar-refractivity contribution in [1.82, 2.24) is 24.9 Å². The molecule has 0 spiro atoms. The third kappa shape index (κ3) is 2.47. The standard InChI is InChI=1S/C20H13N5O3/c26-16-14-11-21-25(13-9-5-2-6-10-13)18(14)23-19(27)15(16)20-22-17(24-28-20)12-7-3-1-4-8-12/h1-11H,(H2,23,26,27). The lowest BCUT2D eigenvalue weighted by molar-refractivity contribution is 0.426. The maximum Gasteiger partial charge on any atom is 0.267 e. The Bertz CT molecular complexity index is 1340. The van der Waals surface area contributed by atoms with Crippen molar-refractivity contribution in [2.24, 2.45) is 0 Å². The van der Waals surface area contributed by atoms with Crippen LogP contribution in [0.3, 0.4) is 0 Å². The lowest BCUT2D eigenvalue weighted by Gasteiger charge is -2.04. The summed E-state index contributed by atoms with van der Waals surface area (Å²) in [6.07, 6.45) is 1.48. The van der Waals surface area contributed by atoms with Gasteiger partial charge in [0.05, 0.1) is 17.3 Å². The van der Waals surface area contributed by atoms with Gasteiger partial charge in [-0.05, 0) is 12.1 Å². The Balaban J connectivity index is 1.66. The number of hydrogen-bond donors (Lipinski definition) is 2. The zero-order valence-corrected chi connectivity index (χ0v) is 14.4. The monoisotopic (exact) mass is 371 g/mol. The fraction of sp³-hybridized carbons (Fsp3) is 0. The normalized spacial score (nSPS) is 11.1. The molecule has 0 saturated heterocycles. The number of aromatic amines is 1. The molecule has 136 valence electrons. The van der Waals surface area contributed by atoms with Crippen LogP contribution in [0.1, 0.15) is 0 Å². The van der Waals surface area contributed by atoms with Crippen LogP contribution in [-0.4, -0.2) is 30.0 Å². The van der Waals surface area contributed by atoms with Gasteiger partial charge in [-0.1, -0.05) is 53.7 Å². The summed E-state index contributed by atoms with van der Waals surface area (Å²) in [7, 11) is 0. The average molecular weight is 371 g/mol. The minimum atomic E-state index is -0.550. The van der Waals surface area contributed by atoms with Crippen molar-refractivity contribution < 1.29 is 9.63 Å². The van der Waals surface area contributed by atoms with Gasteiger partial charge in [-0.25, -0.2) is 4.68 Å². The van der Waals surface area contributed by atoms with Crippen molar-refractivity contribution in [2.45, 2.75) is 0 Å². The number of nitrogens with one attached hydrogen (secondary N) is 1. The van der Waals surface area contributed by atoms with Gasteiger partial charge in [0.15, 0.2) is 0 Å². The summed E-state index contributed by atoms with van der Waals surface area (Å²) in [6.45, 7) is 0. The van der Waals surface area contributed by atoms with E-state index in [0.29, 0.717) is 16.9 Å². The number of nitrogens with zero attached hydrogens (tertiary/aromatic N) is 4. The van der Waals surface area contributed by atoms with E-state index in [-0.39, 0.29) is 17.2 Å². The molecule has 3 heterocycles.